The molecule has 7 heteroatoms. The van der Waals surface area contributed by atoms with Crippen LogP contribution in [0, 0.1) is 0 Å². The number of anilines is 2. The molecule has 22 heavy (non-hydrogen) atoms. The van der Waals surface area contributed by atoms with E-state index in [9.17, 15) is 0 Å². The molecule has 0 amide bonds. The van der Waals surface area contributed by atoms with E-state index in [-0.39, 0.29) is 0 Å². The molecule has 1 aliphatic heterocycles. The first-order valence-corrected chi connectivity index (χ1v) is 7.55. The Hall–Kier alpha value is -2.34. The topological polar surface area (TPSA) is 72.9 Å². The zero-order valence-electron chi connectivity index (χ0n) is 11.9. The summed E-state index contributed by atoms with van der Waals surface area (Å²) >= 11 is 6.23. The van der Waals surface area contributed by atoms with Gasteiger partial charge in [-0.3, -0.25) is 4.68 Å². The average Bonchev–Trinajstić information content (AvgIpc) is 3.16. The Bertz CT molecular complexity index is 830. The summed E-state index contributed by atoms with van der Waals surface area (Å²) in [7, 11) is 0. The fraction of sp³-hybridized carbons (Fsp3) is 0.267. The summed E-state index contributed by atoms with van der Waals surface area (Å²) in [6, 6.07) is 8.54. The van der Waals surface area contributed by atoms with Gasteiger partial charge in [-0.15, -0.1) is 0 Å². The fourth-order valence-corrected chi connectivity index (χ4v) is 3.23. The molecule has 6 nitrogen and oxygen atoms in total. The highest BCUT2D eigenvalue weighted by molar-refractivity contribution is 6.35. The monoisotopic (exact) mass is 314 g/mol. The number of fused-ring (bicyclic) bond motifs is 1. The maximum atomic E-state index is 6.23. The van der Waals surface area contributed by atoms with Crippen LogP contribution in [0.15, 0.2) is 36.8 Å². The van der Waals surface area contributed by atoms with E-state index in [1.807, 2.05) is 18.3 Å². The lowest BCUT2D eigenvalue weighted by Gasteiger charge is -2.19. The van der Waals surface area contributed by atoms with Crippen molar-refractivity contribution in [2.24, 2.45) is 0 Å². The summed E-state index contributed by atoms with van der Waals surface area (Å²) < 4.78 is 2.09. The molecule has 3 aromatic rings. The standard InChI is InChI=1S/C15H15ClN6/c16-13-14(17)18-9-19-15(13)21-6-5-11(8-21)22-12-4-2-1-3-10(12)7-20-22/h1-4,7,9,11H,5-6,8H2,(H2,17,18,19). The van der Waals surface area contributed by atoms with E-state index < -0.39 is 0 Å². The number of benzene rings is 1. The highest BCUT2D eigenvalue weighted by Gasteiger charge is 2.28. The summed E-state index contributed by atoms with van der Waals surface area (Å²) in [6.07, 6.45) is 4.35. The van der Waals surface area contributed by atoms with Crippen LogP contribution in [0.25, 0.3) is 10.9 Å². The third kappa shape index (κ3) is 2.07. The number of nitrogens with zero attached hydrogens (tertiary/aromatic N) is 5. The van der Waals surface area contributed by atoms with Crippen LogP contribution < -0.4 is 10.6 Å². The molecular weight excluding hydrogens is 300 g/mol. The molecule has 2 aromatic heterocycles. The molecule has 0 radical (unpaired) electrons. The molecule has 0 bridgehead atoms. The van der Waals surface area contributed by atoms with Crippen LogP contribution >= 0.6 is 11.6 Å². The van der Waals surface area contributed by atoms with Crippen LogP contribution in [0.1, 0.15) is 12.5 Å². The van der Waals surface area contributed by atoms with Gasteiger partial charge in [0.15, 0.2) is 5.82 Å². The van der Waals surface area contributed by atoms with Crippen LogP contribution in [0.2, 0.25) is 5.02 Å². The van der Waals surface area contributed by atoms with Crippen molar-refractivity contribution >= 4 is 34.1 Å². The first-order valence-electron chi connectivity index (χ1n) is 7.17. The molecule has 0 aliphatic carbocycles. The van der Waals surface area contributed by atoms with Crippen molar-refractivity contribution in [3.05, 3.63) is 41.8 Å². The van der Waals surface area contributed by atoms with Crippen molar-refractivity contribution in [1.29, 1.82) is 0 Å². The van der Waals surface area contributed by atoms with E-state index in [2.05, 4.69) is 36.8 Å². The molecular formula is C15H15ClN6. The van der Waals surface area contributed by atoms with Crippen molar-refractivity contribution in [2.45, 2.75) is 12.5 Å². The smallest absolute Gasteiger partial charge is 0.153 e. The van der Waals surface area contributed by atoms with Gasteiger partial charge in [0, 0.05) is 18.5 Å². The summed E-state index contributed by atoms with van der Waals surface area (Å²) in [5, 5.41) is 6.13. The first kappa shape index (κ1) is 13.3. The van der Waals surface area contributed by atoms with Crippen molar-refractivity contribution in [3.63, 3.8) is 0 Å². The van der Waals surface area contributed by atoms with Crippen LogP contribution in [-0.2, 0) is 0 Å². The number of hydrogen-bond donors (Lipinski definition) is 1. The second-order valence-corrected chi connectivity index (χ2v) is 5.81. The zero-order chi connectivity index (χ0) is 15.1. The van der Waals surface area contributed by atoms with E-state index >= 15 is 0 Å². The number of hydrogen-bond acceptors (Lipinski definition) is 5. The Morgan fingerprint density at radius 2 is 2.09 bits per heavy atom. The van der Waals surface area contributed by atoms with Crippen molar-refractivity contribution < 1.29 is 0 Å². The van der Waals surface area contributed by atoms with Gasteiger partial charge in [-0.2, -0.15) is 5.10 Å². The van der Waals surface area contributed by atoms with Gasteiger partial charge in [0.05, 0.1) is 17.8 Å². The van der Waals surface area contributed by atoms with Gasteiger partial charge in [0.2, 0.25) is 0 Å². The molecule has 0 saturated carbocycles. The first-order chi connectivity index (χ1) is 10.7. The van der Waals surface area contributed by atoms with E-state index in [1.54, 1.807) is 0 Å². The number of aromatic nitrogens is 4. The number of rotatable bonds is 2. The van der Waals surface area contributed by atoms with Crippen LogP contribution in [0.3, 0.4) is 0 Å². The molecule has 1 fully saturated rings. The average molecular weight is 315 g/mol. The van der Waals surface area contributed by atoms with E-state index in [0.29, 0.717) is 22.7 Å². The third-order valence-corrected chi connectivity index (χ3v) is 4.47. The van der Waals surface area contributed by atoms with Gasteiger partial charge in [0.25, 0.3) is 0 Å². The second-order valence-electron chi connectivity index (χ2n) is 5.43. The lowest BCUT2D eigenvalue weighted by atomic mass is 10.2. The largest absolute Gasteiger partial charge is 0.382 e. The normalized spacial score (nSPS) is 18.2. The third-order valence-electron chi connectivity index (χ3n) is 4.11. The Morgan fingerprint density at radius 1 is 1.23 bits per heavy atom. The SMILES string of the molecule is Nc1ncnc(N2CCC(n3ncc4ccccc43)C2)c1Cl. The Kier molecular flexibility index (Phi) is 3.11. The van der Waals surface area contributed by atoms with Crippen molar-refractivity contribution in [2.75, 3.05) is 23.7 Å². The summed E-state index contributed by atoms with van der Waals surface area (Å²) in [6.45, 7) is 1.68. The highest BCUT2D eigenvalue weighted by Crippen LogP contribution is 2.33. The number of nitrogen functional groups attached to an aromatic ring is 1. The predicted molar refractivity (Wildman–Crippen MR) is 87.1 cm³/mol. The summed E-state index contributed by atoms with van der Waals surface area (Å²) in [5.41, 5.74) is 6.92. The summed E-state index contributed by atoms with van der Waals surface area (Å²) in [5.74, 6) is 1.02. The van der Waals surface area contributed by atoms with Crippen LogP contribution in [-0.4, -0.2) is 32.8 Å². The fourth-order valence-electron chi connectivity index (χ4n) is 3.01. The van der Waals surface area contributed by atoms with Gasteiger partial charge in [0.1, 0.15) is 17.2 Å². The Morgan fingerprint density at radius 3 is 3.00 bits per heavy atom. The Labute approximate surface area is 132 Å². The lowest BCUT2D eigenvalue weighted by molar-refractivity contribution is 0.510. The lowest BCUT2D eigenvalue weighted by Crippen LogP contribution is -2.23. The quantitative estimate of drug-likeness (QED) is 0.787. The van der Waals surface area contributed by atoms with Crippen molar-refractivity contribution in [3.8, 4) is 0 Å². The van der Waals surface area contributed by atoms with Crippen LogP contribution in [0.4, 0.5) is 11.6 Å². The molecule has 2 N–H and O–H groups in total. The number of halogens is 1. The van der Waals surface area contributed by atoms with Gasteiger partial charge < -0.3 is 10.6 Å². The molecule has 1 aromatic carbocycles. The van der Waals surface area contributed by atoms with E-state index in [0.717, 1.165) is 30.4 Å². The Balaban J connectivity index is 1.64. The molecule has 1 unspecified atom stereocenters. The summed E-state index contributed by atoms with van der Waals surface area (Å²) in [4.78, 5) is 10.3. The van der Waals surface area contributed by atoms with Gasteiger partial charge >= 0.3 is 0 Å². The van der Waals surface area contributed by atoms with Gasteiger partial charge in [-0.05, 0) is 12.5 Å². The van der Waals surface area contributed by atoms with Crippen molar-refractivity contribution in [1.82, 2.24) is 19.7 Å². The molecule has 3 heterocycles. The molecule has 1 saturated heterocycles. The van der Waals surface area contributed by atoms with Gasteiger partial charge in [-0.25, -0.2) is 9.97 Å². The maximum Gasteiger partial charge on any atom is 0.153 e. The molecule has 4 rings (SSSR count). The van der Waals surface area contributed by atoms with E-state index in [1.165, 1.54) is 6.33 Å². The molecule has 1 aliphatic rings. The zero-order valence-corrected chi connectivity index (χ0v) is 12.6. The second kappa shape index (κ2) is 5.14. The molecule has 1 atom stereocenters. The van der Waals surface area contributed by atoms with Gasteiger partial charge in [-0.1, -0.05) is 29.8 Å². The minimum absolute atomic E-state index is 0.298. The molecule has 0 spiro atoms. The van der Waals surface area contributed by atoms with Crippen LogP contribution in [0.5, 0.6) is 0 Å². The molecule has 112 valence electrons. The minimum atomic E-state index is 0.298. The maximum absolute atomic E-state index is 6.23. The van der Waals surface area contributed by atoms with E-state index in [4.69, 9.17) is 17.3 Å². The predicted octanol–water partition coefficient (Wildman–Crippen LogP) is 2.51. The number of nitrogens with two attached hydrogens (primary N) is 1. The minimum Gasteiger partial charge on any atom is -0.382 e. The highest BCUT2D eigenvalue weighted by atomic mass is 35.5. The number of para-hydroxylation sites is 1.